The van der Waals surface area contributed by atoms with Gasteiger partial charge in [-0.25, -0.2) is 18.4 Å². The molecule has 0 aromatic carbocycles. The Morgan fingerprint density at radius 1 is 1.32 bits per heavy atom. The van der Waals surface area contributed by atoms with E-state index in [2.05, 4.69) is 9.97 Å². The zero-order chi connectivity index (χ0) is 18.4. The normalized spacial score (nSPS) is 18.6. The highest BCUT2D eigenvalue weighted by atomic mass is 32.2. The van der Waals surface area contributed by atoms with E-state index in [4.69, 9.17) is 4.74 Å². The largest absolute Gasteiger partial charge is 0.454 e. The van der Waals surface area contributed by atoms with Gasteiger partial charge in [-0.2, -0.15) is 0 Å². The molecule has 138 valence electrons. The van der Waals surface area contributed by atoms with Gasteiger partial charge in [0, 0.05) is 32.0 Å². The third-order valence-electron chi connectivity index (χ3n) is 3.93. The van der Waals surface area contributed by atoms with Gasteiger partial charge in [0.25, 0.3) is 5.91 Å². The maximum Gasteiger partial charge on any atom is 0.326 e. The second-order valence-electron chi connectivity index (χ2n) is 5.80. The van der Waals surface area contributed by atoms with Crippen molar-refractivity contribution in [3.63, 3.8) is 0 Å². The minimum absolute atomic E-state index is 0.0331. The van der Waals surface area contributed by atoms with Crippen LogP contribution in [0.2, 0.25) is 0 Å². The number of nitrogens with zero attached hydrogens (tertiary/aromatic N) is 4. The van der Waals surface area contributed by atoms with Gasteiger partial charge in [0.2, 0.25) is 5.95 Å². The van der Waals surface area contributed by atoms with E-state index >= 15 is 0 Å². The molecular formula is C15H22N4O5S. The molecule has 9 nitrogen and oxygen atoms in total. The fourth-order valence-electron chi connectivity index (χ4n) is 2.68. The van der Waals surface area contributed by atoms with Crippen molar-refractivity contribution >= 4 is 27.7 Å². The molecule has 0 N–H and O–H groups in total. The Labute approximate surface area is 146 Å². The molecule has 1 saturated heterocycles. The predicted octanol–water partition coefficient (Wildman–Crippen LogP) is -0.508. The third-order valence-corrected chi connectivity index (χ3v) is 5.68. The molecule has 2 rings (SSSR count). The van der Waals surface area contributed by atoms with Gasteiger partial charge < -0.3 is 14.5 Å². The molecule has 0 bridgehead atoms. The molecule has 1 amide bonds. The van der Waals surface area contributed by atoms with Crippen molar-refractivity contribution in [3.8, 4) is 0 Å². The standard InChI is InChI=1S/C15H22N4O5S/c1-3-19(12-5-8-25(22,23)11-12)13(20)10-24-14(21)9-18(2)15-16-6-4-7-17-15/h4,6-7,12H,3,5,8-11H2,1-2H3. The average molecular weight is 370 g/mol. The molecule has 1 aromatic heterocycles. The smallest absolute Gasteiger partial charge is 0.326 e. The highest BCUT2D eigenvalue weighted by Gasteiger charge is 2.34. The van der Waals surface area contributed by atoms with Gasteiger partial charge in [-0.3, -0.25) is 9.59 Å². The number of carbonyl (C=O) groups is 2. The van der Waals surface area contributed by atoms with Crippen molar-refractivity contribution in [1.82, 2.24) is 14.9 Å². The van der Waals surface area contributed by atoms with Crippen LogP contribution in [0.1, 0.15) is 13.3 Å². The summed E-state index contributed by atoms with van der Waals surface area (Å²) in [6.45, 7) is 1.63. The van der Waals surface area contributed by atoms with E-state index < -0.39 is 28.3 Å². The molecule has 0 radical (unpaired) electrons. The van der Waals surface area contributed by atoms with Crippen LogP contribution in [0.25, 0.3) is 0 Å². The van der Waals surface area contributed by atoms with E-state index in [1.165, 1.54) is 9.80 Å². The number of hydrogen-bond donors (Lipinski definition) is 0. The molecule has 0 spiro atoms. The number of likely N-dealkylation sites (N-methyl/N-ethyl adjacent to an activating group) is 2. The molecule has 1 fully saturated rings. The molecule has 1 unspecified atom stereocenters. The summed E-state index contributed by atoms with van der Waals surface area (Å²) < 4.78 is 28.1. The first kappa shape index (κ1) is 19.1. The minimum atomic E-state index is -3.08. The van der Waals surface area contributed by atoms with E-state index in [0.29, 0.717) is 18.9 Å². The lowest BCUT2D eigenvalue weighted by Gasteiger charge is -2.26. The second-order valence-corrected chi connectivity index (χ2v) is 8.03. The fraction of sp³-hybridized carbons (Fsp3) is 0.600. The van der Waals surface area contributed by atoms with Crippen LogP contribution < -0.4 is 4.90 Å². The number of amides is 1. The number of hydrogen-bond acceptors (Lipinski definition) is 8. The van der Waals surface area contributed by atoms with Crippen LogP contribution in [-0.2, 0) is 24.2 Å². The van der Waals surface area contributed by atoms with Gasteiger partial charge in [-0.1, -0.05) is 0 Å². The molecular weight excluding hydrogens is 348 g/mol. The van der Waals surface area contributed by atoms with Crippen molar-refractivity contribution < 1.29 is 22.7 Å². The topological polar surface area (TPSA) is 110 Å². The van der Waals surface area contributed by atoms with Crippen molar-refractivity contribution in [3.05, 3.63) is 18.5 Å². The van der Waals surface area contributed by atoms with Crippen LogP contribution in [0.15, 0.2) is 18.5 Å². The van der Waals surface area contributed by atoms with Crippen molar-refractivity contribution in [1.29, 1.82) is 0 Å². The number of esters is 1. The van der Waals surface area contributed by atoms with Gasteiger partial charge >= 0.3 is 5.97 Å². The highest BCUT2D eigenvalue weighted by molar-refractivity contribution is 7.91. The summed E-state index contributed by atoms with van der Waals surface area (Å²) in [7, 11) is -1.45. The molecule has 0 aliphatic carbocycles. The highest BCUT2D eigenvalue weighted by Crippen LogP contribution is 2.17. The predicted molar refractivity (Wildman–Crippen MR) is 90.7 cm³/mol. The quantitative estimate of drug-likeness (QED) is 0.591. The number of aromatic nitrogens is 2. The Balaban J connectivity index is 1.83. The van der Waals surface area contributed by atoms with Gasteiger partial charge in [-0.15, -0.1) is 0 Å². The van der Waals surface area contributed by atoms with E-state index in [0.717, 1.165) is 0 Å². The summed E-state index contributed by atoms with van der Waals surface area (Å²) in [4.78, 5) is 35.1. The lowest BCUT2D eigenvalue weighted by atomic mass is 10.2. The summed E-state index contributed by atoms with van der Waals surface area (Å²) in [6.07, 6.45) is 3.54. The van der Waals surface area contributed by atoms with E-state index in [1.54, 1.807) is 32.4 Å². The van der Waals surface area contributed by atoms with Gasteiger partial charge in [0.1, 0.15) is 6.54 Å². The van der Waals surface area contributed by atoms with Gasteiger partial charge in [-0.05, 0) is 19.4 Å². The molecule has 1 atom stereocenters. The Hall–Kier alpha value is -2.23. The fourth-order valence-corrected chi connectivity index (χ4v) is 4.41. The lowest BCUT2D eigenvalue weighted by molar-refractivity contribution is -0.151. The zero-order valence-electron chi connectivity index (χ0n) is 14.3. The second kappa shape index (κ2) is 8.24. The Morgan fingerprint density at radius 2 is 2.00 bits per heavy atom. The first-order valence-electron chi connectivity index (χ1n) is 7.96. The van der Waals surface area contributed by atoms with Gasteiger partial charge in [0.15, 0.2) is 16.4 Å². The molecule has 25 heavy (non-hydrogen) atoms. The monoisotopic (exact) mass is 370 g/mol. The summed E-state index contributed by atoms with van der Waals surface area (Å²) >= 11 is 0. The van der Waals surface area contributed by atoms with E-state index in [1.807, 2.05) is 0 Å². The third kappa shape index (κ3) is 5.38. The Morgan fingerprint density at radius 3 is 2.56 bits per heavy atom. The van der Waals surface area contributed by atoms with Crippen molar-refractivity contribution in [2.24, 2.45) is 0 Å². The summed E-state index contributed by atoms with van der Waals surface area (Å²) in [5.74, 6) is -0.551. The molecule has 1 aromatic rings. The summed E-state index contributed by atoms with van der Waals surface area (Å²) in [5.41, 5.74) is 0. The Kier molecular flexibility index (Phi) is 6.29. The van der Waals surface area contributed by atoms with Crippen molar-refractivity contribution in [2.45, 2.75) is 19.4 Å². The van der Waals surface area contributed by atoms with Gasteiger partial charge in [0.05, 0.1) is 11.5 Å². The number of rotatable bonds is 7. The van der Waals surface area contributed by atoms with Crippen LogP contribution in [-0.4, -0.2) is 79.5 Å². The SMILES string of the molecule is CCN(C(=O)COC(=O)CN(C)c1ncccn1)C1CCS(=O)(=O)C1. The first-order valence-corrected chi connectivity index (χ1v) is 9.78. The first-order chi connectivity index (χ1) is 11.8. The van der Waals surface area contributed by atoms with Crippen LogP contribution in [0, 0.1) is 0 Å². The molecule has 0 saturated carbocycles. The number of ether oxygens (including phenoxy) is 1. The van der Waals surface area contributed by atoms with Crippen LogP contribution >= 0.6 is 0 Å². The molecule has 10 heteroatoms. The van der Waals surface area contributed by atoms with E-state index in [9.17, 15) is 18.0 Å². The molecule has 1 aliphatic rings. The van der Waals surface area contributed by atoms with Crippen LogP contribution in [0.3, 0.4) is 0 Å². The summed E-state index contributed by atoms with van der Waals surface area (Å²) in [5, 5.41) is 0. The number of sulfone groups is 1. The van der Waals surface area contributed by atoms with Crippen LogP contribution in [0.5, 0.6) is 0 Å². The molecule has 1 aliphatic heterocycles. The number of anilines is 1. The van der Waals surface area contributed by atoms with Crippen molar-refractivity contribution in [2.75, 3.05) is 43.1 Å². The zero-order valence-corrected chi connectivity index (χ0v) is 15.1. The van der Waals surface area contributed by atoms with E-state index in [-0.39, 0.29) is 24.1 Å². The Bertz CT molecular complexity index is 710. The van der Waals surface area contributed by atoms with Crippen LogP contribution in [0.4, 0.5) is 5.95 Å². The maximum absolute atomic E-state index is 12.2. The summed E-state index contributed by atoms with van der Waals surface area (Å²) in [6, 6.07) is 1.32. The maximum atomic E-state index is 12.2. The number of carbonyl (C=O) groups excluding carboxylic acids is 2. The molecule has 2 heterocycles. The minimum Gasteiger partial charge on any atom is -0.454 e. The lowest BCUT2D eigenvalue weighted by Crippen LogP contribution is -2.43. The average Bonchev–Trinajstić information content (AvgIpc) is 2.94.